The van der Waals surface area contributed by atoms with Crippen LogP contribution in [0.1, 0.15) is 13.8 Å². The van der Waals surface area contributed by atoms with Crippen molar-refractivity contribution in [2.45, 2.75) is 24.3 Å². The van der Waals surface area contributed by atoms with Crippen LogP contribution in [0.15, 0.2) is 17.0 Å². The van der Waals surface area contributed by atoms with Gasteiger partial charge in [-0.05, 0) is 13.8 Å². The molecular formula is C12H16FNO6S. The molecule has 0 aromatic heterocycles. The van der Waals surface area contributed by atoms with Crippen LogP contribution >= 0.6 is 0 Å². The lowest BCUT2D eigenvalue weighted by Gasteiger charge is -2.21. The van der Waals surface area contributed by atoms with Gasteiger partial charge < -0.3 is 14.6 Å². The molecule has 1 aromatic rings. The topological polar surface area (TPSA) is 102 Å². The van der Waals surface area contributed by atoms with Gasteiger partial charge >= 0.3 is 5.97 Å². The van der Waals surface area contributed by atoms with Crippen LogP contribution in [-0.2, 0) is 14.8 Å². The van der Waals surface area contributed by atoms with Crippen LogP contribution in [0.2, 0.25) is 0 Å². The molecule has 21 heavy (non-hydrogen) atoms. The van der Waals surface area contributed by atoms with Crippen LogP contribution in [0, 0.1) is 5.82 Å². The third-order valence-corrected chi connectivity index (χ3v) is 4.32. The van der Waals surface area contributed by atoms with Gasteiger partial charge in [0.1, 0.15) is 16.3 Å². The fourth-order valence-corrected chi connectivity index (χ4v) is 2.92. The summed E-state index contributed by atoms with van der Waals surface area (Å²) in [6, 6.07) is 1.77. The number of nitrogens with one attached hydrogen (secondary N) is 1. The lowest BCUT2D eigenvalue weighted by molar-refractivity contribution is -0.142. The third kappa shape index (κ3) is 3.61. The molecule has 0 saturated carbocycles. The molecule has 2 N–H and O–H groups in total. The zero-order chi connectivity index (χ0) is 16.4. The van der Waals surface area contributed by atoms with Gasteiger partial charge in [0.25, 0.3) is 0 Å². The molecule has 118 valence electrons. The highest BCUT2D eigenvalue weighted by atomic mass is 32.2. The van der Waals surface area contributed by atoms with E-state index in [1.54, 1.807) is 0 Å². The Morgan fingerprint density at radius 2 is 1.71 bits per heavy atom. The molecule has 0 aliphatic carbocycles. The maximum atomic E-state index is 13.9. The molecule has 1 rings (SSSR count). The molecule has 1 aromatic carbocycles. The number of hydrogen-bond acceptors (Lipinski definition) is 5. The molecule has 9 heteroatoms. The molecule has 0 bridgehead atoms. The molecule has 0 atom stereocenters. The van der Waals surface area contributed by atoms with Crippen molar-refractivity contribution in [3.8, 4) is 11.5 Å². The molecule has 0 spiro atoms. The predicted molar refractivity (Wildman–Crippen MR) is 71.5 cm³/mol. The standard InChI is InChI=1S/C12H16FNO6S/c1-12(2,11(15)16)14-21(17,18)10-6-9(20-4)8(19-3)5-7(10)13/h5-6,14H,1-4H3,(H,15,16). The number of sulfonamides is 1. The summed E-state index contributed by atoms with van der Waals surface area (Å²) in [4.78, 5) is 10.2. The summed E-state index contributed by atoms with van der Waals surface area (Å²) in [6.45, 7) is 2.29. The normalized spacial score (nSPS) is 12.0. The summed E-state index contributed by atoms with van der Waals surface area (Å²) >= 11 is 0. The monoisotopic (exact) mass is 321 g/mol. The number of benzene rings is 1. The van der Waals surface area contributed by atoms with Gasteiger partial charge in [0.15, 0.2) is 11.5 Å². The Morgan fingerprint density at radius 1 is 1.24 bits per heavy atom. The van der Waals surface area contributed by atoms with Crippen molar-refractivity contribution in [1.29, 1.82) is 0 Å². The van der Waals surface area contributed by atoms with Crippen LogP contribution in [0.3, 0.4) is 0 Å². The van der Waals surface area contributed by atoms with E-state index in [-0.39, 0.29) is 11.5 Å². The van der Waals surface area contributed by atoms with E-state index < -0.39 is 32.2 Å². The number of methoxy groups -OCH3 is 2. The lowest BCUT2D eigenvalue weighted by Crippen LogP contribution is -2.49. The van der Waals surface area contributed by atoms with Crippen molar-refractivity contribution >= 4 is 16.0 Å². The first kappa shape index (κ1) is 17.2. The van der Waals surface area contributed by atoms with E-state index >= 15 is 0 Å². The van der Waals surface area contributed by atoms with Crippen molar-refractivity contribution in [2.75, 3.05) is 14.2 Å². The van der Waals surface area contributed by atoms with Gasteiger partial charge in [0, 0.05) is 12.1 Å². The van der Waals surface area contributed by atoms with E-state index in [2.05, 4.69) is 0 Å². The first-order chi connectivity index (χ1) is 9.55. The number of rotatable bonds is 6. The molecule has 0 unspecified atom stereocenters. The Balaban J connectivity index is 3.36. The minimum absolute atomic E-state index is 0.00686. The quantitative estimate of drug-likeness (QED) is 0.810. The number of carbonyl (C=O) groups is 1. The number of ether oxygens (including phenoxy) is 2. The summed E-state index contributed by atoms with van der Waals surface area (Å²) < 4.78 is 49.9. The van der Waals surface area contributed by atoms with Crippen LogP contribution in [0.25, 0.3) is 0 Å². The average molecular weight is 321 g/mol. The van der Waals surface area contributed by atoms with E-state index in [9.17, 15) is 17.6 Å². The fraction of sp³-hybridized carbons (Fsp3) is 0.417. The Morgan fingerprint density at radius 3 is 2.14 bits per heavy atom. The number of halogens is 1. The van der Waals surface area contributed by atoms with Crippen molar-refractivity contribution in [3.63, 3.8) is 0 Å². The van der Waals surface area contributed by atoms with E-state index in [1.165, 1.54) is 14.2 Å². The van der Waals surface area contributed by atoms with Crippen molar-refractivity contribution < 1.29 is 32.2 Å². The number of aliphatic carboxylic acids is 1. The third-order valence-electron chi connectivity index (χ3n) is 2.65. The molecule has 0 heterocycles. The molecule has 0 fully saturated rings. The molecule has 7 nitrogen and oxygen atoms in total. The number of carboxylic acid groups (broad SMARTS) is 1. The van der Waals surface area contributed by atoms with Gasteiger partial charge in [-0.15, -0.1) is 0 Å². The van der Waals surface area contributed by atoms with E-state index in [0.717, 1.165) is 26.0 Å². The number of carboxylic acids is 1. The highest BCUT2D eigenvalue weighted by Gasteiger charge is 2.34. The lowest BCUT2D eigenvalue weighted by atomic mass is 10.1. The van der Waals surface area contributed by atoms with Crippen LogP contribution in [0.5, 0.6) is 11.5 Å². The second-order valence-corrected chi connectivity index (χ2v) is 6.32. The van der Waals surface area contributed by atoms with Crippen molar-refractivity contribution in [2.24, 2.45) is 0 Å². The first-order valence-electron chi connectivity index (χ1n) is 5.74. The summed E-state index contributed by atoms with van der Waals surface area (Å²) in [7, 11) is -1.85. The maximum absolute atomic E-state index is 13.9. The average Bonchev–Trinajstić information content (AvgIpc) is 2.36. The smallest absolute Gasteiger partial charge is 0.324 e. The van der Waals surface area contributed by atoms with Crippen molar-refractivity contribution in [1.82, 2.24) is 4.72 Å². The minimum atomic E-state index is -4.39. The molecule has 0 amide bonds. The van der Waals surface area contributed by atoms with E-state index in [0.29, 0.717) is 0 Å². The summed E-state index contributed by atoms with van der Waals surface area (Å²) in [6.07, 6.45) is 0. The Kier molecular flexibility index (Phi) is 4.79. The summed E-state index contributed by atoms with van der Waals surface area (Å²) in [5.41, 5.74) is -1.79. The highest BCUT2D eigenvalue weighted by molar-refractivity contribution is 7.89. The van der Waals surface area contributed by atoms with Crippen LogP contribution < -0.4 is 14.2 Å². The second-order valence-electron chi connectivity index (χ2n) is 4.67. The zero-order valence-electron chi connectivity index (χ0n) is 11.9. The van der Waals surface area contributed by atoms with Gasteiger partial charge in [-0.25, -0.2) is 12.8 Å². The summed E-state index contributed by atoms with van der Waals surface area (Å²) in [5, 5.41) is 8.94. The van der Waals surface area contributed by atoms with Gasteiger partial charge in [-0.1, -0.05) is 0 Å². The van der Waals surface area contributed by atoms with Gasteiger partial charge in [0.2, 0.25) is 10.0 Å². The van der Waals surface area contributed by atoms with Gasteiger partial charge in [-0.3, -0.25) is 4.79 Å². The number of hydrogen-bond donors (Lipinski definition) is 2. The largest absolute Gasteiger partial charge is 0.493 e. The Bertz CT molecular complexity index is 656. The maximum Gasteiger partial charge on any atom is 0.324 e. The minimum Gasteiger partial charge on any atom is -0.493 e. The Labute approximate surface area is 121 Å². The highest BCUT2D eigenvalue weighted by Crippen LogP contribution is 2.32. The molecule has 0 saturated heterocycles. The van der Waals surface area contributed by atoms with E-state index in [4.69, 9.17) is 14.6 Å². The molecule has 0 aliphatic rings. The van der Waals surface area contributed by atoms with Gasteiger partial charge in [0.05, 0.1) is 14.2 Å². The van der Waals surface area contributed by atoms with Crippen molar-refractivity contribution in [3.05, 3.63) is 17.9 Å². The van der Waals surface area contributed by atoms with Crippen LogP contribution in [-0.4, -0.2) is 39.3 Å². The zero-order valence-corrected chi connectivity index (χ0v) is 12.7. The summed E-state index contributed by atoms with van der Waals surface area (Å²) in [5.74, 6) is -2.45. The van der Waals surface area contributed by atoms with E-state index in [1.807, 2.05) is 4.72 Å². The second kappa shape index (κ2) is 5.86. The van der Waals surface area contributed by atoms with Gasteiger partial charge in [-0.2, -0.15) is 4.72 Å². The van der Waals surface area contributed by atoms with Crippen LogP contribution in [0.4, 0.5) is 4.39 Å². The molecular weight excluding hydrogens is 305 g/mol. The Hall–Kier alpha value is -1.87. The first-order valence-corrected chi connectivity index (χ1v) is 7.22. The predicted octanol–water partition coefficient (Wildman–Crippen LogP) is 0.984. The molecule has 0 aliphatic heterocycles. The fourth-order valence-electron chi connectivity index (χ4n) is 1.48. The molecule has 0 radical (unpaired) electrons. The SMILES string of the molecule is COc1cc(F)c(S(=O)(=O)NC(C)(C)C(=O)O)cc1OC.